The molecule has 0 radical (unpaired) electrons. The molecule has 216 valence electrons. The van der Waals surface area contributed by atoms with Crippen molar-refractivity contribution in [1.29, 1.82) is 0 Å². The average Bonchev–Trinajstić information content (AvgIpc) is 3.07. The first kappa shape index (κ1) is 28.1. The normalized spacial score (nSPS) is 23.8. The Morgan fingerprint density at radius 2 is 2.00 bits per heavy atom. The monoisotopic (exact) mass is 549 g/mol. The molecule has 1 saturated heterocycles. The smallest absolute Gasteiger partial charge is 0.251 e. The van der Waals surface area contributed by atoms with Crippen LogP contribution in [0.4, 0.5) is 23.1 Å². The fourth-order valence-electron chi connectivity index (χ4n) is 6.17. The zero-order chi connectivity index (χ0) is 28.3. The summed E-state index contributed by atoms with van der Waals surface area (Å²) in [5, 5.41) is 9.74. The Morgan fingerprint density at radius 1 is 1.20 bits per heavy atom. The van der Waals surface area contributed by atoms with E-state index in [0.29, 0.717) is 35.5 Å². The third kappa shape index (κ3) is 5.73. The van der Waals surface area contributed by atoms with E-state index in [4.69, 9.17) is 9.72 Å². The van der Waals surface area contributed by atoms with E-state index in [1.165, 1.54) is 19.3 Å². The minimum Gasteiger partial charge on any atom is -0.495 e. The van der Waals surface area contributed by atoms with Gasteiger partial charge < -0.3 is 30.5 Å². The summed E-state index contributed by atoms with van der Waals surface area (Å²) in [5.74, 6) is 1.72. The van der Waals surface area contributed by atoms with Gasteiger partial charge in [0.15, 0.2) is 5.82 Å². The van der Waals surface area contributed by atoms with Gasteiger partial charge in [-0.05, 0) is 63.8 Å². The molecule has 1 aromatic heterocycles. The minimum absolute atomic E-state index is 0.0958. The zero-order valence-corrected chi connectivity index (χ0v) is 24.3. The number of hydrogen-bond acceptors (Lipinski definition) is 8. The van der Waals surface area contributed by atoms with Gasteiger partial charge in [-0.15, -0.1) is 0 Å². The number of piperidine rings is 1. The van der Waals surface area contributed by atoms with Crippen LogP contribution in [-0.4, -0.2) is 67.7 Å². The Kier molecular flexibility index (Phi) is 8.44. The molecule has 1 saturated carbocycles. The quantitative estimate of drug-likeness (QED) is 0.470. The van der Waals surface area contributed by atoms with Gasteiger partial charge in [0.2, 0.25) is 11.9 Å². The summed E-state index contributed by atoms with van der Waals surface area (Å²) in [6.45, 7) is 6.56. The van der Waals surface area contributed by atoms with Gasteiger partial charge in [-0.1, -0.05) is 26.2 Å². The van der Waals surface area contributed by atoms with E-state index < -0.39 is 5.41 Å². The van der Waals surface area contributed by atoms with Crippen LogP contribution in [0, 0.1) is 5.41 Å². The molecule has 3 N–H and O–H groups in total. The molecule has 2 fully saturated rings. The van der Waals surface area contributed by atoms with Crippen molar-refractivity contribution in [1.82, 2.24) is 20.6 Å². The molecule has 40 heavy (non-hydrogen) atoms. The van der Waals surface area contributed by atoms with Crippen LogP contribution in [-0.2, 0) is 4.79 Å². The highest BCUT2D eigenvalue weighted by Gasteiger charge is 2.43. The van der Waals surface area contributed by atoms with E-state index in [1.54, 1.807) is 30.3 Å². The Morgan fingerprint density at radius 3 is 2.70 bits per heavy atom. The molecule has 1 aliphatic carbocycles. The van der Waals surface area contributed by atoms with Crippen molar-refractivity contribution in [3.05, 3.63) is 30.0 Å². The van der Waals surface area contributed by atoms with E-state index in [9.17, 15) is 9.59 Å². The predicted octanol–water partition coefficient (Wildman–Crippen LogP) is 4.24. The zero-order valence-electron chi connectivity index (χ0n) is 24.3. The third-order valence-electron chi connectivity index (χ3n) is 8.86. The molecule has 3 aliphatic rings. The minimum atomic E-state index is -0.506. The topological polar surface area (TPSA) is 112 Å². The van der Waals surface area contributed by atoms with E-state index in [0.717, 1.165) is 56.7 Å². The second-order valence-electron chi connectivity index (χ2n) is 11.7. The number of amides is 2. The van der Waals surface area contributed by atoms with Crippen LogP contribution in [0.2, 0.25) is 0 Å². The molecule has 2 aliphatic heterocycles. The third-order valence-corrected chi connectivity index (χ3v) is 8.86. The van der Waals surface area contributed by atoms with Crippen molar-refractivity contribution < 1.29 is 14.3 Å². The van der Waals surface area contributed by atoms with E-state index >= 15 is 0 Å². The standard InChI is InChI=1S/C30H43N7O3/c1-5-30(2)19-37(22-11-7-6-8-12-22)26-24(36(3)28(30)39)18-32-29(35-26)34-23-14-13-20(16-25(23)40-4)27(38)33-21-10-9-15-31-17-21/h13-14,16,18,21-22,31H,5-12,15,17,19H2,1-4H3,(H,33,38)(H,32,34,35)/t21-,30-/m1/s1. The first-order chi connectivity index (χ1) is 19.3. The molecular formula is C30H43N7O3. The van der Waals surface area contributed by atoms with Crippen LogP contribution in [0.3, 0.4) is 0 Å². The van der Waals surface area contributed by atoms with Gasteiger partial charge in [0.25, 0.3) is 5.91 Å². The van der Waals surface area contributed by atoms with Gasteiger partial charge in [0.1, 0.15) is 11.4 Å². The van der Waals surface area contributed by atoms with Gasteiger partial charge in [-0.2, -0.15) is 4.98 Å². The van der Waals surface area contributed by atoms with Gasteiger partial charge in [-0.25, -0.2) is 4.98 Å². The number of methoxy groups -OCH3 is 1. The Balaban J connectivity index is 1.42. The number of anilines is 4. The lowest BCUT2D eigenvalue weighted by Crippen LogP contribution is -2.47. The largest absolute Gasteiger partial charge is 0.495 e. The van der Waals surface area contributed by atoms with Crippen LogP contribution in [0.25, 0.3) is 0 Å². The van der Waals surface area contributed by atoms with Crippen molar-refractivity contribution in [2.24, 2.45) is 5.41 Å². The lowest BCUT2D eigenvalue weighted by Gasteiger charge is -2.38. The van der Waals surface area contributed by atoms with Crippen LogP contribution < -0.4 is 30.5 Å². The molecule has 10 heteroatoms. The summed E-state index contributed by atoms with van der Waals surface area (Å²) < 4.78 is 5.65. The summed E-state index contributed by atoms with van der Waals surface area (Å²) in [6.07, 6.45) is 10.3. The molecule has 10 nitrogen and oxygen atoms in total. The number of ether oxygens (including phenoxy) is 1. The molecule has 2 atom stereocenters. The molecule has 2 amide bonds. The molecule has 5 rings (SSSR count). The van der Waals surface area contributed by atoms with Crippen molar-refractivity contribution in [3.63, 3.8) is 0 Å². The number of carbonyl (C=O) groups excluding carboxylic acids is 2. The van der Waals surface area contributed by atoms with Crippen LogP contribution in [0.5, 0.6) is 5.75 Å². The van der Waals surface area contributed by atoms with Crippen molar-refractivity contribution in [2.75, 3.05) is 48.9 Å². The summed E-state index contributed by atoms with van der Waals surface area (Å²) >= 11 is 0. The maximum Gasteiger partial charge on any atom is 0.251 e. The number of nitrogens with one attached hydrogen (secondary N) is 3. The average molecular weight is 550 g/mol. The van der Waals surface area contributed by atoms with E-state index in [2.05, 4.69) is 39.7 Å². The maximum absolute atomic E-state index is 13.5. The number of fused-ring (bicyclic) bond motifs is 1. The van der Waals surface area contributed by atoms with Crippen molar-refractivity contribution in [3.8, 4) is 5.75 Å². The first-order valence-corrected chi connectivity index (χ1v) is 14.7. The summed E-state index contributed by atoms with van der Waals surface area (Å²) in [5.41, 5.74) is 1.43. The first-order valence-electron chi connectivity index (χ1n) is 14.7. The number of rotatable bonds is 7. The molecule has 1 aromatic carbocycles. The molecular weight excluding hydrogens is 506 g/mol. The van der Waals surface area contributed by atoms with Crippen LogP contribution >= 0.6 is 0 Å². The molecule has 0 spiro atoms. The number of nitrogens with zero attached hydrogens (tertiary/aromatic N) is 4. The maximum atomic E-state index is 13.5. The Bertz CT molecular complexity index is 1230. The fraction of sp³-hybridized carbons (Fsp3) is 0.600. The van der Waals surface area contributed by atoms with E-state index in [-0.39, 0.29) is 17.9 Å². The van der Waals surface area contributed by atoms with Gasteiger partial charge in [0, 0.05) is 37.8 Å². The predicted molar refractivity (Wildman–Crippen MR) is 158 cm³/mol. The lowest BCUT2D eigenvalue weighted by molar-refractivity contribution is -0.126. The Hall–Kier alpha value is -3.40. The highest BCUT2D eigenvalue weighted by Crippen LogP contribution is 2.41. The second kappa shape index (κ2) is 12.0. The number of hydrogen-bond donors (Lipinski definition) is 3. The highest BCUT2D eigenvalue weighted by molar-refractivity contribution is 6.01. The number of aromatic nitrogens is 2. The van der Waals surface area contributed by atoms with Crippen LogP contribution in [0.15, 0.2) is 24.4 Å². The SMILES string of the molecule is CC[C@]1(C)CN(C2CCCCC2)c2nc(Nc3ccc(C(=O)N[C@@H]4CCCNC4)cc3OC)ncc2N(C)C1=O. The highest BCUT2D eigenvalue weighted by atomic mass is 16.5. The summed E-state index contributed by atoms with van der Waals surface area (Å²) in [6, 6.07) is 5.82. The molecule has 2 aromatic rings. The number of benzene rings is 1. The molecule has 0 unspecified atom stereocenters. The summed E-state index contributed by atoms with van der Waals surface area (Å²) in [7, 11) is 3.41. The van der Waals surface area contributed by atoms with Gasteiger partial charge in [0.05, 0.1) is 24.4 Å². The van der Waals surface area contributed by atoms with Gasteiger partial charge in [-0.3, -0.25) is 9.59 Å². The molecule has 0 bridgehead atoms. The van der Waals surface area contributed by atoms with Gasteiger partial charge >= 0.3 is 0 Å². The summed E-state index contributed by atoms with van der Waals surface area (Å²) in [4.78, 5) is 40.1. The fourth-order valence-corrected chi connectivity index (χ4v) is 6.17. The van der Waals surface area contributed by atoms with Crippen molar-refractivity contribution >= 4 is 35.0 Å². The van der Waals surface area contributed by atoms with Crippen molar-refractivity contribution in [2.45, 2.75) is 77.3 Å². The lowest BCUT2D eigenvalue weighted by atomic mass is 9.84. The molecule has 3 heterocycles. The van der Waals surface area contributed by atoms with Crippen LogP contribution in [0.1, 0.15) is 75.6 Å². The Labute approximate surface area is 237 Å². The second-order valence-corrected chi connectivity index (χ2v) is 11.7. The number of carbonyl (C=O) groups is 2. The van der Waals surface area contributed by atoms with E-state index in [1.807, 2.05) is 13.1 Å².